The van der Waals surface area contributed by atoms with Crippen molar-refractivity contribution in [2.45, 2.75) is 51.3 Å². The van der Waals surface area contributed by atoms with Gasteiger partial charge in [0.15, 0.2) is 5.82 Å². The number of anilines is 1. The number of pyridine rings is 1. The number of ether oxygens (including phenoxy) is 1. The molecule has 0 radical (unpaired) electrons. The lowest BCUT2D eigenvalue weighted by molar-refractivity contribution is -0.00663. The van der Waals surface area contributed by atoms with E-state index in [9.17, 15) is 4.79 Å². The fourth-order valence-corrected chi connectivity index (χ4v) is 3.43. The zero-order chi connectivity index (χ0) is 20.4. The summed E-state index contributed by atoms with van der Waals surface area (Å²) >= 11 is 6.03. The Kier molecular flexibility index (Phi) is 5.88. The molecule has 0 unspecified atom stereocenters. The number of nitrogens with one attached hydrogen (secondary N) is 1. The van der Waals surface area contributed by atoms with Crippen LogP contribution in [0.15, 0.2) is 18.5 Å². The normalized spacial score (nSPS) is 20.2. The van der Waals surface area contributed by atoms with Gasteiger partial charge in [-0.05, 0) is 33.6 Å². The van der Waals surface area contributed by atoms with Gasteiger partial charge < -0.3 is 15.0 Å². The van der Waals surface area contributed by atoms with Gasteiger partial charge in [0, 0.05) is 38.0 Å². The molecule has 2 aromatic rings. The summed E-state index contributed by atoms with van der Waals surface area (Å²) in [5.41, 5.74) is -0.884. The van der Waals surface area contributed by atoms with Crippen LogP contribution in [0.25, 0.3) is 11.0 Å². The molecular formula is C19H25ClFN5O2. The number of amides is 1. The van der Waals surface area contributed by atoms with Crippen LogP contribution in [0.5, 0.6) is 0 Å². The van der Waals surface area contributed by atoms with Crippen molar-refractivity contribution in [1.82, 2.24) is 19.9 Å². The van der Waals surface area contributed by atoms with Crippen LogP contribution < -0.4 is 5.32 Å². The predicted molar refractivity (Wildman–Crippen MR) is 106 cm³/mol. The van der Waals surface area contributed by atoms with Gasteiger partial charge in [-0.1, -0.05) is 11.6 Å². The zero-order valence-electron chi connectivity index (χ0n) is 16.3. The summed E-state index contributed by atoms with van der Waals surface area (Å²) in [6.45, 7) is 6.25. The first-order valence-corrected chi connectivity index (χ1v) is 9.71. The van der Waals surface area contributed by atoms with E-state index < -0.39 is 17.4 Å². The fourth-order valence-electron chi connectivity index (χ4n) is 3.24. The molecule has 1 aliphatic heterocycles. The number of aromatic nitrogens is 3. The van der Waals surface area contributed by atoms with Crippen molar-refractivity contribution < 1.29 is 13.9 Å². The first-order valence-electron chi connectivity index (χ1n) is 9.33. The van der Waals surface area contributed by atoms with Gasteiger partial charge in [-0.25, -0.2) is 19.2 Å². The van der Waals surface area contributed by atoms with Gasteiger partial charge in [-0.15, -0.1) is 0 Å². The van der Waals surface area contributed by atoms with Gasteiger partial charge in [0.2, 0.25) is 0 Å². The van der Waals surface area contributed by atoms with Gasteiger partial charge in [0.05, 0.1) is 12.1 Å². The average Bonchev–Trinajstić information content (AvgIpc) is 2.60. The predicted octanol–water partition coefficient (Wildman–Crippen LogP) is 4.22. The van der Waals surface area contributed by atoms with E-state index in [-0.39, 0.29) is 13.0 Å². The first kappa shape index (κ1) is 20.5. The first-order chi connectivity index (χ1) is 13.2. The molecule has 1 N–H and O–H groups in total. The van der Waals surface area contributed by atoms with E-state index in [0.717, 1.165) is 0 Å². The van der Waals surface area contributed by atoms with Crippen molar-refractivity contribution in [2.24, 2.45) is 0 Å². The SMILES string of the molecule is CC(C)(C)OC(=O)N1CCC[C@@](F)(CCNc2nc(Cl)cc3nccnc23)C1. The van der Waals surface area contributed by atoms with Crippen molar-refractivity contribution in [3.8, 4) is 0 Å². The number of alkyl halides is 1. The number of hydrogen-bond donors (Lipinski definition) is 1. The second-order valence-electron chi connectivity index (χ2n) is 8.05. The summed E-state index contributed by atoms with van der Waals surface area (Å²) in [5, 5.41) is 3.40. The Hall–Kier alpha value is -2.22. The van der Waals surface area contributed by atoms with Crippen LogP contribution >= 0.6 is 11.6 Å². The van der Waals surface area contributed by atoms with Crippen LogP contribution in [0, 0.1) is 0 Å². The van der Waals surface area contributed by atoms with E-state index >= 15 is 4.39 Å². The summed E-state index contributed by atoms with van der Waals surface area (Å²) in [6.07, 6.45) is 3.89. The minimum absolute atomic E-state index is 0.0210. The minimum atomic E-state index is -1.48. The summed E-state index contributed by atoms with van der Waals surface area (Å²) < 4.78 is 20.7. The topological polar surface area (TPSA) is 80.2 Å². The van der Waals surface area contributed by atoms with Crippen molar-refractivity contribution in [3.05, 3.63) is 23.6 Å². The van der Waals surface area contributed by atoms with Crippen molar-refractivity contribution in [3.63, 3.8) is 0 Å². The van der Waals surface area contributed by atoms with Gasteiger partial charge >= 0.3 is 6.09 Å². The monoisotopic (exact) mass is 409 g/mol. The number of likely N-dealkylation sites (tertiary alicyclic amines) is 1. The van der Waals surface area contributed by atoms with Gasteiger partial charge in [0.25, 0.3) is 0 Å². The molecule has 152 valence electrons. The highest BCUT2D eigenvalue weighted by molar-refractivity contribution is 6.30. The lowest BCUT2D eigenvalue weighted by Crippen LogP contribution is -2.50. The van der Waals surface area contributed by atoms with Gasteiger partial charge in [0.1, 0.15) is 21.9 Å². The summed E-state index contributed by atoms with van der Waals surface area (Å²) in [6, 6.07) is 1.63. The standard InChI is InChI=1S/C19H25ClFN5O2/c1-18(2,3)28-17(27)26-10-4-5-19(21,12-26)6-7-24-16-15-13(11-14(20)25-16)22-8-9-23-15/h8-9,11H,4-7,10,12H2,1-3H3,(H,24,25)/t19-/m1/s1. The largest absolute Gasteiger partial charge is 0.444 e. The number of carbonyl (C=O) groups excluding carboxylic acids is 1. The quantitative estimate of drug-likeness (QED) is 0.761. The second-order valence-corrected chi connectivity index (χ2v) is 8.44. The highest BCUT2D eigenvalue weighted by atomic mass is 35.5. The number of piperidine rings is 1. The molecule has 0 saturated carbocycles. The van der Waals surface area contributed by atoms with Crippen LogP contribution in [0.3, 0.4) is 0 Å². The average molecular weight is 410 g/mol. The van der Waals surface area contributed by atoms with Crippen LogP contribution in [-0.2, 0) is 4.74 Å². The molecule has 1 aliphatic rings. The molecule has 3 rings (SSSR count). The third-order valence-corrected chi connectivity index (χ3v) is 4.66. The lowest BCUT2D eigenvalue weighted by atomic mass is 9.91. The second kappa shape index (κ2) is 8.03. The zero-order valence-corrected chi connectivity index (χ0v) is 17.1. The number of nitrogens with zero attached hydrogens (tertiary/aromatic N) is 4. The summed E-state index contributed by atoms with van der Waals surface area (Å²) in [4.78, 5) is 26.4. The maximum absolute atomic E-state index is 15.3. The van der Waals surface area contributed by atoms with E-state index in [1.54, 1.807) is 39.2 Å². The van der Waals surface area contributed by atoms with Crippen LogP contribution in [0.2, 0.25) is 5.15 Å². The van der Waals surface area contributed by atoms with E-state index in [2.05, 4.69) is 20.3 Å². The smallest absolute Gasteiger partial charge is 0.410 e. The Morgan fingerprint density at radius 1 is 1.39 bits per heavy atom. The molecule has 0 aromatic carbocycles. The third-order valence-electron chi connectivity index (χ3n) is 4.47. The molecule has 1 amide bonds. The minimum Gasteiger partial charge on any atom is -0.444 e. The summed E-state index contributed by atoms with van der Waals surface area (Å²) in [7, 11) is 0. The molecule has 28 heavy (non-hydrogen) atoms. The molecule has 9 heteroatoms. The molecule has 3 heterocycles. The number of fused-ring (bicyclic) bond motifs is 1. The fraction of sp³-hybridized carbons (Fsp3) is 0.579. The van der Waals surface area contributed by atoms with Gasteiger partial charge in [-0.3, -0.25) is 4.98 Å². The maximum Gasteiger partial charge on any atom is 0.410 e. The van der Waals surface area contributed by atoms with E-state index in [1.165, 1.54) is 4.90 Å². The Balaban J connectivity index is 1.62. The number of rotatable bonds is 4. The van der Waals surface area contributed by atoms with Crippen LogP contribution in [0.1, 0.15) is 40.0 Å². The van der Waals surface area contributed by atoms with Crippen molar-refractivity contribution >= 4 is 34.5 Å². The van der Waals surface area contributed by atoms with Crippen molar-refractivity contribution in [2.75, 3.05) is 25.0 Å². The molecule has 7 nitrogen and oxygen atoms in total. The number of hydrogen-bond acceptors (Lipinski definition) is 6. The number of carbonyl (C=O) groups is 1. The van der Waals surface area contributed by atoms with Crippen LogP contribution in [-0.4, -0.2) is 56.8 Å². The number of halogens is 2. The molecule has 1 saturated heterocycles. The molecule has 1 fully saturated rings. The van der Waals surface area contributed by atoms with E-state index in [4.69, 9.17) is 16.3 Å². The highest BCUT2D eigenvalue weighted by Gasteiger charge is 2.38. The highest BCUT2D eigenvalue weighted by Crippen LogP contribution is 2.30. The van der Waals surface area contributed by atoms with E-state index in [1.807, 2.05) is 0 Å². The maximum atomic E-state index is 15.3. The summed E-state index contributed by atoms with van der Waals surface area (Å²) in [5.74, 6) is 0.471. The molecule has 0 aliphatic carbocycles. The molecule has 2 aromatic heterocycles. The van der Waals surface area contributed by atoms with E-state index in [0.29, 0.717) is 47.9 Å². The molecule has 1 atom stereocenters. The Morgan fingerprint density at radius 3 is 2.89 bits per heavy atom. The Bertz CT molecular complexity index is 860. The molecular weight excluding hydrogens is 385 g/mol. The molecule has 0 bridgehead atoms. The van der Waals surface area contributed by atoms with Crippen LogP contribution in [0.4, 0.5) is 15.0 Å². The Morgan fingerprint density at radius 2 is 2.14 bits per heavy atom. The van der Waals surface area contributed by atoms with Gasteiger partial charge in [-0.2, -0.15) is 0 Å². The lowest BCUT2D eigenvalue weighted by Gasteiger charge is -2.38. The van der Waals surface area contributed by atoms with Crippen molar-refractivity contribution in [1.29, 1.82) is 0 Å². The Labute approximate surface area is 168 Å². The third kappa shape index (κ3) is 5.19. The molecule has 0 spiro atoms.